The summed E-state index contributed by atoms with van der Waals surface area (Å²) in [6.45, 7) is 2.20. The molecule has 0 radical (unpaired) electrons. The molecule has 1 aromatic heterocycles. The SMILES string of the molecule is CN1CC[C@H](C(=O)N2CCC[C@H](n3cccn3)C2)CC1=O. The van der Waals surface area contributed by atoms with Gasteiger partial charge in [0.25, 0.3) is 0 Å². The number of rotatable bonds is 2. The fraction of sp³-hybridized carbons (Fsp3) is 0.667. The van der Waals surface area contributed by atoms with E-state index in [9.17, 15) is 9.59 Å². The van der Waals surface area contributed by atoms with Gasteiger partial charge in [-0.3, -0.25) is 14.3 Å². The Morgan fingerprint density at radius 2 is 2.19 bits per heavy atom. The van der Waals surface area contributed by atoms with Gasteiger partial charge < -0.3 is 9.80 Å². The highest BCUT2D eigenvalue weighted by molar-refractivity contribution is 5.87. The minimum Gasteiger partial charge on any atom is -0.346 e. The molecule has 2 atom stereocenters. The molecular weight excluding hydrogens is 268 g/mol. The van der Waals surface area contributed by atoms with Crippen LogP contribution in [0.25, 0.3) is 0 Å². The first kappa shape index (κ1) is 14.1. The van der Waals surface area contributed by atoms with Crippen molar-refractivity contribution in [3.05, 3.63) is 18.5 Å². The van der Waals surface area contributed by atoms with Gasteiger partial charge in [0.15, 0.2) is 0 Å². The van der Waals surface area contributed by atoms with E-state index in [0.29, 0.717) is 19.5 Å². The van der Waals surface area contributed by atoms with Crippen LogP contribution in [0.15, 0.2) is 18.5 Å². The first-order chi connectivity index (χ1) is 10.1. The number of carbonyl (C=O) groups excluding carboxylic acids is 2. The number of hydrogen-bond donors (Lipinski definition) is 0. The molecule has 2 amide bonds. The van der Waals surface area contributed by atoms with E-state index in [1.54, 1.807) is 18.1 Å². The number of amides is 2. The maximum Gasteiger partial charge on any atom is 0.226 e. The number of likely N-dealkylation sites (tertiary alicyclic amines) is 2. The topological polar surface area (TPSA) is 58.4 Å². The van der Waals surface area contributed by atoms with Gasteiger partial charge in [0.1, 0.15) is 0 Å². The predicted molar refractivity (Wildman–Crippen MR) is 77.4 cm³/mol. The zero-order chi connectivity index (χ0) is 14.8. The Morgan fingerprint density at radius 3 is 2.90 bits per heavy atom. The second kappa shape index (κ2) is 5.87. The minimum absolute atomic E-state index is 0.0836. The molecule has 21 heavy (non-hydrogen) atoms. The lowest BCUT2D eigenvalue weighted by Gasteiger charge is -2.37. The zero-order valence-corrected chi connectivity index (χ0v) is 12.4. The third kappa shape index (κ3) is 2.94. The molecule has 0 aromatic carbocycles. The van der Waals surface area contributed by atoms with Crippen LogP contribution in [0.3, 0.4) is 0 Å². The van der Waals surface area contributed by atoms with Gasteiger partial charge in [-0.2, -0.15) is 5.10 Å². The molecule has 6 heteroatoms. The fourth-order valence-corrected chi connectivity index (χ4v) is 3.28. The van der Waals surface area contributed by atoms with Gasteiger partial charge in [0.2, 0.25) is 11.8 Å². The number of aromatic nitrogens is 2. The van der Waals surface area contributed by atoms with Crippen molar-refractivity contribution in [3.63, 3.8) is 0 Å². The summed E-state index contributed by atoms with van der Waals surface area (Å²) in [7, 11) is 1.80. The molecular formula is C15H22N4O2. The van der Waals surface area contributed by atoms with Gasteiger partial charge in [-0.1, -0.05) is 0 Å². The van der Waals surface area contributed by atoms with Crippen molar-refractivity contribution in [2.75, 3.05) is 26.7 Å². The monoisotopic (exact) mass is 290 g/mol. The van der Waals surface area contributed by atoms with E-state index in [1.807, 2.05) is 21.8 Å². The highest BCUT2D eigenvalue weighted by Crippen LogP contribution is 2.25. The Labute approximate surface area is 124 Å². The summed E-state index contributed by atoms with van der Waals surface area (Å²) < 4.78 is 1.94. The third-order valence-electron chi connectivity index (χ3n) is 4.62. The molecule has 0 N–H and O–H groups in total. The van der Waals surface area contributed by atoms with E-state index >= 15 is 0 Å². The second-order valence-corrected chi connectivity index (χ2v) is 6.07. The summed E-state index contributed by atoms with van der Waals surface area (Å²) in [6.07, 6.45) is 6.92. The van der Waals surface area contributed by atoms with Crippen LogP contribution in [0.4, 0.5) is 0 Å². The molecule has 2 aliphatic rings. The average Bonchev–Trinajstić information content (AvgIpc) is 3.04. The largest absolute Gasteiger partial charge is 0.346 e. The standard InChI is InChI=1S/C15H22N4O2/c1-17-9-5-12(10-14(17)20)15(21)18-7-2-4-13(11-18)19-8-3-6-16-19/h3,6,8,12-13H,2,4-5,7,9-11H2,1H3/t12-,13-/m0/s1. The second-order valence-electron chi connectivity index (χ2n) is 6.07. The lowest BCUT2D eigenvalue weighted by molar-refractivity contribution is -0.145. The maximum absolute atomic E-state index is 12.6. The van der Waals surface area contributed by atoms with E-state index in [0.717, 1.165) is 25.8 Å². The number of nitrogens with zero attached hydrogens (tertiary/aromatic N) is 4. The van der Waals surface area contributed by atoms with Gasteiger partial charge in [-0.05, 0) is 25.3 Å². The van der Waals surface area contributed by atoms with E-state index in [1.165, 1.54) is 0 Å². The molecule has 6 nitrogen and oxygen atoms in total. The quantitative estimate of drug-likeness (QED) is 0.813. The number of carbonyl (C=O) groups is 2. The first-order valence-electron chi connectivity index (χ1n) is 7.67. The van der Waals surface area contributed by atoms with Gasteiger partial charge in [0.05, 0.1) is 6.04 Å². The summed E-state index contributed by atoms with van der Waals surface area (Å²) in [6, 6.07) is 2.18. The molecule has 0 bridgehead atoms. The lowest BCUT2D eigenvalue weighted by Crippen LogP contribution is -2.47. The average molecular weight is 290 g/mol. The summed E-state index contributed by atoms with van der Waals surface area (Å²) in [4.78, 5) is 28.1. The number of hydrogen-bond acceptors (Lipinski definition) is 3. The normalized spacial score (nSPS) is 27.0. The van der Waals surface area contributed by atoms with Crippen molar-refractivity contribution in [3.8, 4) is 0 Å². The van der Waals surface area contributed by atoms with Crippen LogP contribution in [0.5, 0.6) is 0 Å². The van der Waals surface area contributed by atoms with Crippen molar-refractivity contribution in [1.29, 1.82) is 0 Å². The Kier molecular flexibility index (Phi) is 3.94. The molecule has 0 unspecified atom stereocenters. The smallest absolute Gasteiger partial charge is 0.226 e. The minimum atomic E-state index is -0.134. The molecule has 3 heterocycles. The van der Waals surface area contributed by atoms with Gasteiger partial charge in [-0.25, -0.2) is 0 Å². The third-order valence-corrected chi connectivity index (χ3v) is 4.62. The summed E-state index contributed by atoms with van der Waals surface area (Å²) in [5, 5.41) is 4.29. The van der Waals surface area contributed by atoms with Gasteiger partial charge >= 0.3 is 0 Å². The van der Waals surface area contributed by atoms with Crippen LogP contribution in [0.1, 0.15) is 31.7 Å². The molecule has 3 rings (SSSR count). The lowest BCUT2D eigenvalue weighted by atomic mass is 9.93. The van der Waals surface area contributed by atoms with Gasteiger partial charge in [-0.15, -0.1) is 0 Å². The molecule has 114 valence electrons. The van der Waals surface area contributed by atoms with Crippen molar-refractivity contribution >= 4 is 11.8 Å². The van der Waals surface area contributed by atoms with Crippen molar-refractivity contribution in [2.45, 2.75) is 31.7 Å². The van der Waals surface area contributed by atoms with Crippen LogP contribution in [0, 0.1) is 5.92 Å². The maximum atomic E-state index is 12.6. The van der Waals surface area contributed by atoms with Gasteiger partial charge in [0, 0.05) is 51.4 Å². The Morgan fingerprint density at radius 1 is 1.33 bits per heavy atom. The number of piperidine rings is 2. The predicted octanol–water partition coefficient (Wildman–Crippen LogP) is 0.915. The molecule has 0 spiro atoms. The highest BCUT2D eigenvalue weighted by atomic mass is 16.2. The zero-order valence-electron chi connectivity index (χ0n) is 12.4. The fourth-order valence-electron chi connectivity index (χ4n) is 3.28. The molecule has 1 aromatic rings. The first-order valence-corrected chi connectivity index (χ1v) is 7.67. The summed E-state index contributed by atoms with van der Waals surface area (Å²) in [5.41, 5.74) is 0. The van der Waals surface area contributed by atoms with Crippen LogP contribution in [-0.4, -0.2) is 58.1 Å². The summed E-state index contributed by atoms with van der Waals surface area (Å²) >= 11 is 0. The van der Waals surface area contributed by atoms with E-state index in [4.69, 9.17) is 0 Å². The van der Waals surface area contributed by atoms with Crippen molar-refractivity contribution in [1.82, 2.24) is 19.6 Å². The van der Waals surface area contributed by atoms with Crippen LogP contribution in [0.2, 0.25) is 0 Å². The molecule has 2 aliphatic heterocycles. The van der Waals surface area contributed by atoms with Crippen molar-refractivity contribution < 1.29 is 9.59 Å². The Balaban J connectivity index is 1.63. The van der Waals surface area contributed by atoms with E-state index in [-0.39, 0.29) is 23.8 Å². The molecule has 2 fully saturated rings. The van der Waals surface area contributed by atoms with E-state index in [2.05, 4.69) is 5.10 Å². The summed E-state index contributed by atoms with van der Waals surface area (Å²) in [5.74, 6) is 0.0959. The Bertz CT molecular complexity index is 514. The van der Waals surface area contributed by atoms with Crippen molar-refractivity contribution in [2.24, 2.45) is 5.92 Å². The highest BCUT2D eigenvalue weighted by Gasteiger charge is 2.33. The van der Waals surface area contributed by atoms with E-state index < -0.39 is 0 Å². The van der Waals surface area contributed by atoms with Crippen LogP contribution < -0.4 is 0 Å². The van der Waals surface area contributed by atoms with Crippen LogP contribution in [-0.2, 0) is 9.59 Å². The molecule has 0 aliphatic carbocycles. The molecule has 2 saturated heterocycles. The Hall–Kier alpha value is -1.85. The molecule has 0 saturated carbocycles. The van der Waals surface area contributed by atoms with Crippen LogP contribution >= 0.6 is 0 Å².